The van der Waals surface area contributed by atoms with Crippen LogP contribution in [0.25, 0.3) is 0 Å². The highest BCUT2D eigenvalue weighted by molar-refractivity contribution is 7.80. The maximum atomic E-state index is 12.4. The first-order chi connectivity index (χ1) is 11.5. The number of carbonyl (C=O) groups is 1. The van der Waals surface area contributed by atoms with Crippen molar-refractivity contribution in [1.82, 2.24) is 10.6 Å². The Morgan fingerprint density at radius 2 is 2.25 bits per heavy atom. The molecule has 1 aliphatic heterocycles. The third-order valence-corrected chi connectivity index (χ3v) is 3.66. The van der Waals surface area contributed by atoms with Crippen molar-refractivity contribution in [1.29, 1.82) is 0 Å². The van der Waals surface area contributed by atoms with E-state index in [0.29, 0.717) is 28.7 Å². The van der Waals surface area contributed by atoms with Gasteiger partial charge in [0.2, 0.25) is 0 Å². The maximum absolute atomic E-state index is 12.4. The van der Waals surface area contributed by atoms with E-state index in [0.717, 1.165) is 5.56 Å². The van der Waals surface area contributed by atoms with Crippen LogP contribution < -0.4 is 15.4 Å². The normalized spacial score (nSPS) is 16.9. The number of ether oxygens (including phenoxy) is 2. The molecule has 0 fully saturated rings. The number of phenols is 1. The van der Waals surface area contributed by atoms with Gasteiger partial charge in [0.05, 0.1) is 18.2 Å². The quantitative estimate of drug-likeness (QED) is 0.413. The van der Waals surface area contributed by atoms with Gasteiger partial charge in [0.25, 0.3) is 0 Å². The summed E-state index contributed by atoms with van der Waals surface area (Å²) in [5.41, 5.74) is 1.76. The van der Waals surface area contributed by atoms with Crippen molar-refractivity contribution < 1.29 is 19.4 Å². The third-order valence-electron chi connectivity index (χ3n) is 3.44. The standard InChI is InChI=1S/C17H20N2O4S/c1-4-8-23-16(21)14-10(3)18-17(24)19-15(14)11-6-7-12(20)13(9-11)22-5-2/h4,6-7,9,15,20H,1,5,8H2,2-3H3,(H2,18,19,24)/t15-/m0/s1. The molecule has 0 radical (unpaired) electrons. The highest BCUT2D eigenvalue weighted by Crippen LogP contribution is 2.34. The number of aromatic hydroxyl groups is 1. The summed E-state index contributed by atoms with van der Waals surface area (Å²) in [5.74, 6) is -0.0859. The van der Waals surface area contributed by atoms with Crippen molar-refractivity contribution in [3.05, 3.63) is 47.7 Å². The molecule has 1 heterocycles. The van der Waals surface area contributed by atoms with Crippen molar-refractivity contribution in [2.75, 3.05) is 13.2 Å². The van der Waals surface area contributed by atoms with Crippen LogP contribution in [0.4, 0.5) is 0 Å². The van der Waals surface area contributed by atoms with Gasteiger partial charge < -0.3 is 25.2 Å². The van der Waals surface area contributed by atoms with Crippen LogP contribution in [0.1, 0.15) is 25.5 Å². The van der Waals surface area contributed by atoms with Crippen molar-refractivity contribution in [3.8, 4) is 11.5 Å². The van der Waals surface area contributed by atoms with Gasteiger partial charge in [-0.3, -0.25) is 0 Å². The van der Waals surface area contributed by atoms with Crippen LogP contribution in [0.2, 0.25) is 0 Å². The molecule has 0 amide bonds. The van der Waals surface area contributed by atoms with Crippen LogP contribution in [0, 0.1) is 0 Å². The molecule has 128 valence electrons. The topological polar surface area (TPSA) is 79.8 Å². The summed E-state index contributed by atoms with van der Waals surface area (Å²) >= 11 is 5.19. The lowest BCUT2D eigenvalue weighted by atomic mass is 9.95. The fourth-order valence-electron chi connectivity index (χ4n) is 2.41. The zero-order valence-corrected chi connectivity index (χ0v) is 14.4. The van der Waals surface area contributed by atoms with Gasteiger partial charge in [-0.1, -0.05) is 18.7 Å². The Kier molecular flexibility index (Phi) is 5.81. The number of phenolic OH excluding ortho intramolecular Hbond substituents is 1. The highest BCUT2D eigenvalue weighted by Gasteiger charge is 2.31. The smallest absolute Gasteiger partial charge is 0.338 e. The van der Waals surface area contributed by atoms with Gasteiger partial charge in [-0.15, -0.1) is 0 Å². The molecule has 1 atom stereocenters. The van der Waals surface area contributed by atoms with Gasteiger partial charge in [-0.2, -0.15) is 0 Å². The molecule has 7 heteroatoms. The predicted molar refractivity (Wildman–Crippen MR) is 94.7 cm³/mol. The van der Waals surface area contributed by atoms with Gasteiger partial charge >= 0.3 is 5.97 Å². The number of hydrogen-bond donors (Lipinski definition) is 3. The van der Waals surface area contributed by atoms with Crippen molar-refractivity contribution in [2.45, 2.75) is 19.9 Å². The highest BCUT2D eigenvalue weighted by atomic mass is 32.1. The van der Waals surface area contributed by atoms with Crippen molar-refractivity contribution in [3.63, 3.8) is 0 Å². The summed E-state index contributed by atoms with van der Waals surface area (Å²) in [6.07, 6.45) is 1.50. The first kappa shape index (κ1) is 17.8. The molecule has 0 bridgehead atoms. The minimum atomic E-state index is -0.504. The van der Waals surface area contributed by atoms with Crippen LogP contribution in [-0.2, 0) is 9.53 Å². The molecule has 24 heavy (non-hydrogen) atoms. The number of rotatable bonds is 6. The average Bonchev–Trinajstić information content (AvgIpc) is 2.54. The first-order valence-corrected chi connectivity index (χ1v) is 7.90. The minimum Gasteiger partial charge on any atom is -0.504 e. The number of carbonyl (C=O) groups excluding carboxylic acids is 1. The summed E-state index contributed by atoms with van der Waals surface area (Å²) in [4.78, 5) is 12.4. The molecule has 0 aliphatic carbocycles. The number of hydrogen-bond acceptors (Lipinski definition) is 5. The van der Waals surface area contributed by atoms with E-state index in [2.05, 4.69) is 17.2 Å². The molecule has 1 aliphatic rings. The summed E-state index contributed by atoms with van der Waals surface area (Å²) in [5, 5.41) is 16.3. The molecule has 3 N–H and O–H groups in total. The van der Waals surface area contributed by atoms with Gasteiger partial charge in [-0.05, 0) is 43.8 Å². The number of esters is 1. The van der Waals surface area contributed by atoms with Crippen LogP contribution in [0.3, 0.4) is 0 Å². The van der Waals surface area contributed by atoms with Gasteiger partial charge in [0.15, 0.2) is 16.6 Å². The van der Waals surface area contributed by atoms with E-state index in [-0.39, 0.29) is 12.4 Å². The Morgan fingerprint density at radius 3 is 2.92 bits per heavy atom. The molecular weight excluding hydrogens is 328 g/mol. The molecule has 1 aromatic carbocycles. The maximum Gasteiger partial charge on any atom is 0.338 e. The number of benzene rings is 1. The Bertz CT molecular complexity index is 700. The lowest BCUT2D eigenvalue weighted by molar-refractivity contribution is -0.138. The van der Waals surface area contributed by atoms with Crippen LogP contribution in [0.5, 0.6) is 11.5 Å². The van der Waals surface area contributed by atoms with E-state index in [9.17, 15) is 9.90 Å². The summed E-state index contributed by atoms with van der Waals surface area (Å²) in [6.45, 7) is 7.65. The zero-order valence-electron chi connectivity index (χ0n) is 13.6. The molecule has 0 saturated heterocycles. The van der Waals surface area contributed by atoms with Crippen LogP contribution in [-0.4, -0.2) is 29.4 Å². The number of thiocarbonyl (C=S) groups is 1. The molecular formula is C17H20N2O4S. The summed E-state index contributed by atoms with van der Waals surface area (Å²) < 4.78 is 10.6. The fourth-order valence-corrected chi connectivity index (χ4v) is 2.68. The van der Waals surface area contributed by atoms with Crippen molar-refractivity contribution in [2.24, 2.45) is 0 Å². The average molecular weight is 348 g/mol. The minimum absolute atomic E-state index is 0.0357. The lowest BCUT2D eigenvalue weighted by Crippen LogP contribution is -2.45. The monoisotopic (exact) mass is 348 g/mol. The van der Waals surface area contributed by atoms with Crippen LogP contribution >= 0.6 is 12.2 Å². The van der Waals surface area contributed by atoms with Crippen molar-refractivity contribution >= 4 is 23.3 Å². The molecule has 0 unspecified atom stereocenters. The van der Waals surface area contributed by atoms with E-state index < -0.39 is 12.0 Å². The summed E-state index contributed by atoms with van der Waals surface area (Å²) in [7, 11) is 0. The second kappa shape index (κ2) is 7.83. The largest absolute Gasteiger partial charge is 0.504 e. The second-order valence-corrected chi connectivity index (χ2v) is 5.53. The van der Waals surface area contributed by atoms with E-state index in [1.54, 1.807) is 19.1 Å². The van der Waals surface area contributed by atoms with E-state index in [1.165, 1.54) is 12.1 Å². The van der Waals surface area contributed by atoms with Gasteiger partial charge in [0, 0.05) is 5.70 Å². The summed E-state index contributed by atoms with van der Waals surface area (Å²) in [6, 6.07) is 4.40. The second-order valence-electron chi connectivity index (χ2n) is 5.12. The fraction of sp³-hybridized carbons (Fsp3) is 0.294. The van der Waals surface area contributed by atoms with E-state index in [1.807, 2.05) is 6.92 Å². The number of allylic oxidation sites excluding steroid dienone is 1. The van der Waals surface area contributed by atoms with E-state index in [4.69, 9.17) is 21.7 Å². The van der Waals surface area contributed by atoms with E-state index >= 15 is 0 Å². The Morgan fingerprint density at radius 1 is 1.50 bits per heavy atom. The number of nitrogens with one attached hydrogen (secondary N) is 2. The molecule has 0 spiro atoms. The van der Waals surface area contributed by atoms with Gasteiger partial charge in [-0.25, -0.2) is 4.79 Å². The first-order valence-electron chi connectivity index (χ1n) is 7.50. The predicted octanol–water partition coefficient (Wildman–Crippen LogP) is 2.31. The third kappa shape index (κ3) is 3.86. The molecule has 6 nitrogen and oxygen atoms in total. The Labute approximate surface area is 146 Å². The molecule has 2 rings (SSSR count). The molecule has 1 aromatic rings. The molecule has 0 saturated carbocycles. The Hall–Kier alpha value is -2.54. The Balaban J connectivity index is 2.43. The van der Waals surface area contributed by atoms with Crippen LogP contribution in [0.15, 0.2) is 42.1 Å². The lowest BCUT2D eigenvalue weighted by Gasteiger charge is -2.30. The molecule has 0 aromatic heterocycles. The van der Waals surface area contributed by atoms with Gasteiger partial charge in [0.1, 0.15) is 6.61 Å². The zero-order chi connectivity index (χ0) is 17.7. The SMILES string of the molecule is C=CCOC(=O)C1=C(C)NC(=S)N[C@H]1c1ccc(O)c(OCC)c1.